The number of terminal acetylenes is 1. The summed E-state index contributed by atoms with van der Waals surface area (Å²) in [6.45, 7) is 1.93. The van der Waals surface area contributed by atoms with Crippen LogP contribution in [-0.4, -0.2) is 19.2 Å². The highest BCUT2D eigenvalue weighted by molar-refractivity contribution is 4.84. The molecule has 1 rings (SSSR count). The third-order valence-electron chi connectivity index (χ3n) is 2.07. The van der Waals surface area contributed by atoms with Gasteiger partial charge in [0, 0.05) is 13.0 Å². The quantitative estimate of drug-likeness (QED) is 0.512. The highest BCUT2D eigenvalue weighted by Gasteiger charge is 2.08. The van der Waals surface area contributed by atoms with Crippen LogP contribution in [-0.2, 0) is 4.74 Å². The van der Waals surface area contributed by atoms with Crippen LogP contribution in [0.15, 0.2) is 12.3 Å². The molecule has 0 aromatic carbocycles. The first-order valence-corrected chi connectivity index (χ1v) is 4.88. The summed E-state index contributed by atoms with van der Waals surface area (Å²) in [5.41, 5.74) is 0. The van der Waals surface area contributed by atoms with Gasteiger partial charge in [-0.15, -0.1) is 12.3 Å². The molecule has 0 saturated heterocycles. The largest absolute Gasteiger partial charge is 0.497 e. The number of hydrogen-bond donors (Lipinski definition) is 1. The minimum Gasteiger partial charge on any atom is -0.497 e. The van der Waals surface area contributed by atoms with Gasteiger partial charge in [-0.3, -0.25) is 0 Å². The molecule has 0 aromatic heterocycles. The highest BCUT2D eigenvalue weighted by Crippen LogP contribution is 2.08. The second-order valence-electron chi connectivity index (χ2n) is 3.22. The van der Waals surface area contributed by atoms with Crippen LogP contribution >= 0.6 is 0 Å². The van der Waals surface area contributed by atoms with E-state index in [2.05, 4.69) is 17.3 Å². The first-order chi connectivity index (χ1) is 6.43. The molecule has 1 atom stereocenters. The highest BCUT2D eigenvalue weighted by atomic mass is 16.5. The monoisotopic (exact) mass is 179 g/mol. The molecule has 0 aliphatic carbocycles. The fourth-order valence-corrected chi connectivity index (χ4v) is 1.31. The first kappa shape index (κ1) is 10.1. The number of rotatable bonds is 5. The van der Waals surface area contributed by atoms with E-state index in [0.29, 0.717) is 6.10 Å². The lowest BCUT2D eigenvalue weighted by molar-refractivity contribution is 0.122. The first-order valence-electron chi connectivity index (χ1n) is 4.88. The Hall–Kier alpha value is -0.940. The van der Waals surface area contributed by atoms with E-state index < -0.39 is 0 Å². The summed E-state index contributed by atoms with van der Waals surface area (Å²) in [6.07, 6.45) is 13.5. The summed E-state index contributed by atoms with van der Waals surface area (Å²) in [7, 11) is 0. The van der Waals surface area contributed by atoms with E-state index in [1.807, 2.05) is 0 Å². The topological polar surface area (TPSA) is 21.3 Å². The molecule has 2 heteroatoms. The van der Waals surface area contributed by atoms with Crippen LogP contribution in [0.3, 0.4) is 0 Å². The molecule has 0 fully saturated rings. The number of ether oxygens (including phenoxy) is 1. The van der Waals surface area contributed by atoms with Gasteiger partial charge in [-0.25, -0.2) is 0 Å². The molecule has 0 bridgehead atoms. The maximum absolute atomic E-state index is 5.40. The van der Waals surface area contributed by atoms with Crippen molar-refractivity contribution in [1.29, 1.82) is 0 Å². The molecule has 1 heterocycles. The van der Waals surface area contributed by atoms with E-state index in [-0.39, 0.29) is 0 Å². The molecular weight excluding hydrogens is 162 g/mol. The number of nitrogens with one attached hydrogen (secondary N) is 1. The number of unbranched alkanes of at least 4 members (excludes halogenated alkanes) is 1. The lowest BCUT2D eigenvalue weighted by atomic mass is 10.1. The lowest BCUT2D eigenvalue weighted by Gasteiger charge is -2.19. The fourth-order valence-electron chi connectivity index (χ4n) is 1.31. The smallest absolute Gasteiger partial charge is 0.110 e. The molecule has 0 spiro atoms. The van der Waals surface area contributed by atoms with Crippen LogP contribution in [0.25, 0.3) is 0 Å². The van der Waals surface area contributed by atoms with Crippen LogP contribution in [0.2, 0.25) is 0 Å². The minimum atomic E-state index is 0.357. The summed E-state index contributed by atoms with van der Waals surface area (Å²) < 4.78 is 5.40. The Kier molecular flexibility index (Phi) is 5.12. The summed E-state index contributed by atoms with van der Waals surface area (Å²) in [5, 5.41) is 3.34. The number of allylic oxidation sites excluding steroid dienone is 1. The van der Waals surface area contributed by atoms with Crippen molar-refractivity contribution >= 4 is 0 Å². The molecular formula is C11H17NO. The Labute approximate surface area is 80.4 Å². The minimum absolute atomic E-state index is 0.357. The van der Waals surface area contributed by atoms with Crippen LogP contribution < -0.4 is 5.32 Å². The van der Waals surface area contributed by atoms with E-state index in [1.54, 1.807) is 6.26 Å². The molecule has 0 aromatic rings. The predicted octanol–water partition coefficient (Wildman–Crippen LogP) is 1.68. The van der Waals surface area contributed by atoms with E-state index in [4.69, 9.17) is 11.2 Å². The Morgan fingerprint density at radius 1 is 1.62 bits per heavy atom. The van der Waals surface area contributed by atoms with Gasteiger partial charge in [0.05, 0.1) is 6.26 Å². The van der Waals surface area contributed by atoms with Crippen molar-refractivity contribution in [2.45, 2.75) is 31.8 Å². The normalized spacial score (nSPS) is 20.7. The van der Waals surface area contributed by atoms with Gasteiger partial charge in [0.15, 0.2) is 0 Å². The Morgan fingerprint density at radius 2 is 2.54 bits per heavy atom. The number of hydrogen-bond acceptors (Lipinski definition) is 2. The van der Waals surface area contributed by atoms with Gasteiger partial charge >= 0.3 is 0 Å². The standard InChI is InChI=1S/C11H17NO/c1-2-3-5-8-12-10-11-7-4-6-9-13-11/h1,6,9,11-12H,3-5,7-8,10H2. The van der Waals surface area contributed by atoms with Crippen molar-refractivity contribution < 1.29 is 4.74 Å². The molecule has 0 saturated carbocycles. The van der Waals surface area contributed by atoms with Crippen molar-refractivity contribution in [2.75, 3.05) is 13.1 Å². The molecule has 13 heavy (non-hydrogen) atoms. The summed E-state index contributed by atoms with van der Waals surface area (Å²) >= 11 is 0. The van der Waals surface area contributed by atoms with Gasteiger partial charge < -0.3 is 10.1 Å². The van der Waals surface area contributed by atoms with E-state index in [0.717, 1.165) is 38.8 Å². The van der Waals surface area contributed by atoms with Crippen LogP contribution in [0.5, 0.6) is 0 Å². The van der Waals surface area contributed by atoms with Crippen molar-refractivity contribution in [3.05, 3.63) is 12.3 Å². The second kappa shape index (κ2) is 6.56. The van der Waals surface area contributed by atoms with E-state index >= 15 is 0 Å². The van der Waals surface area contributed by atoms with Gasteiger partial charge in [-0.1, -0.05) is 0 Å². The van der Waals surface area contributed by atoms with Crippen LogP contribution in [0, 0.1) is 12.3 Å². The van der Waals surface area contributed by atoms with Crippen LogP contribution in [0.4, 0.5) is 0 Å². The Morgan fingerprint density at radius 3 is 3.23 bits per heavy atom. The molecule has 2 nitrogen and oxygen atoms in total. The molecule has 0 radical (unpaired) electrons. The zero-order valence-corrected chi connectivity index (χ0v) is 7.96. The van der Waals surface area contributed by atoms with E-state index in [9.17, 15) is 0 Å². The van der Waals surface area contributed by atoms with Crippen molar-refractivity contribution in [2.24, 2.45) is 0 Å². The molecule has 1 aliphatic heterocycles. The molecule has 1 aliphatic rings. The Bertz CT molecular complexity index is 193. The van der Waals surface area contributed by atoms with Crippen molar-refractivity contribution in [1.82, 2.24) is 5.32 Å². The fraction of sp³-hybridized carbons (Fsp3) is 0.636. The third-order valence-corrected chi connectivity index (χ3v) is 2.07. The maximum atomic E-state index is 5.40. The molecule has 0 amide bonds. The van der Waals surface area contributed by atoms with Gasteiger partial charge in [-0.05, 0) is 31.9 Å². The van der Waals surface area contributed by atoms with Crippen molar-refractivity contribution in [3.8, 4) is 12.3 Å². The predicted molar refractivity (Wildman–Crippen MR) is 54.2 cm³/mol. The lowest BCUT2D eigenvalue weighted by Crippen LogP contribution is -2.29. The van der Waals surface area contributed by atoms with E-state index in [1.165, 1.54) is 0 Å². The molecule has 1 unspecified atom stereocenters. The van der Waals surface area contributed by atoms with Gasteiger partial charge in [0.2, 0.25) is 0 Å². The summed E-state index contributed by atoms with van der Waals surface area (Å²) in [4.78, 5) is 0. The summed E-state index contributed by atoms with van der Waals surface area (Å²) in [6, 6.07) is 0. The van der Waals surface area contributed by atoms with Crippen molar-refractivity contribution in [3.63, 3.8) is 0 Å². The second-order valence-corrected chi connectivity index (χ2v) is 3.22. The van der Waals surface area contributed by atoms with Gasteiger partial charge in [0.1, 0.15) is 6.10 Å². The molecule has 72 valence electrons. The zero-order valence-electron chi connectivity index (χ0n) is 7.96. The van der Waals surface area contributed by atoms with Crippen LogP contribution in [0.1, 0.15) is 25.7 Å². The summed E-state index contributed by atoms with van der Waals surface area (Å²) in [5.74, 6) is 2.62. The maximum Gasteiger partial charge on any atom is 0.110 e. The average molecular weight is 179 g/mol. The Balaban J connectivity index is 1.93. The third kappa shape index (κ3) is 4.59. The zero-order chi connectivity index (χ0) is 9.36. The van der Waals surface area contributed by atoms with Gasteiger partial charge in [0.25, 0.3) is 0 Å². The SMILES string of the molecule is C#CCCCNCC1CCC=CO1. The average Bonchev–Trinajstić information content (AvgIpc) is 2.19. The molecule has 1 N–H and O–H groups in total. The van der Waals surface area contributed by atoms with Gasteiger partial charge in [-0.2, -0.15) is 0 Å².